The largest absolute Gasteiger partial charge is 0.462 e. The van der Waals surface area contributed by atoms with Crippen LogP contribution >= 0.6 is 23.4 Å². The molecule has 0 saturated heterocycles. The lowest BCUT2D eigenvalue weighted by atomic mass is 10.1. The third kappa shape index (κ3) is 2.18. The van der Waals surface area contributed by atoms with E-state index in [0.717, 1.165) is 29.2 Å². The Labute approximate surface area is 104 Å². The van der Waals surface area contributed by atoms with Crippen LogP contribution in [0.1, 0.15) is 28.5 Å². The number of hydrogen-bond acceptors (Lipinski definition) is 4. The van der Waals surface area contributed by atoms with E-state index in [1.165, 1.54) is 6.20 Å². The molecule has 1 aromatic rings. The van der Waals surface area contributed by atoms with Gasteiger partial charge in [-0.25, -0.2) is 4.79 Å². The molecule has 0 amide bonds. The van der Waals surface area contributed by atoms with Crippen LogP contribution in [-0.2, 0) is 16.9 Å². The van der Waals surface area contributed by atoms with Crippen molar-refractivity contribution >= 4 is 29.3 Å². The Kier molecular flexibility index (Phi) is 3.71. The Balaban J connectivity index is 2.37. The zero-order chi connectivity index (χ0) is 11.5. The topological polar surface area (TPSA) is 39.2 Å². The molecule has 0 spiro atoms. The van der Waals surface area contributed by atoms with Gasteiger partial charge in [0.15, 0.2) is 0 Å². The molecule has 0 bridgehead atoms. The SMILES string of the molecule is CCOC(=O)c1cnc2c(c1Cl)CSCC2. The van der Waals surface area contributed by atoms with Crippen molar-refractivity contribution in [2.45, 2.75) is 19.1 Å². The summed E-state index contributed by atoms with van der Waals surface area (Å²) in [7, 11) is 0. The lowest BCUT2D eigenvalue weighted by Crippen LogP contribution is -2.12. The van der Waals surface area contributed by atoms with Crippen molar-refractivity contribution < 1.29 is 9.53 Å². The second-order valence-corrected chi connectivity index (χ2v) is 4.92. The predicted octanol–water partition coefficient (Wildman–Crippen LogP) is 2.70. The molecule has 0 radical (unpaired) electrons. The van der Waals surface area contributed by atoms with Crippen molar-refractivity contribution in [1.29, 1.82) is 0 Å². The molecule has 1 aliphatic heterocycles. The fourth-order valence-corrected chi connectivity index (χ4v) is 3.00. The van der Waals surface area contributed by atoms with Gasteiger partial charge in [0.25, 0.3) is 0 Å². The monoisotopic (exact) mass is 257 g/mol. The summed E-state index contributed by atoms with van der Waals surface area (Å²) in [6.45, 7) is 2.12. The highest BCUT2D eigenvalue weighted by atomic mass is 35.5. The maximum Gasteiger partial charge on any atom is 0.341 e. The van der Waals surface area contributed by atoms with E-state index >= 15 is 0 Å². The summed E-state index contributed by atoms with van der Waals surface area (Å²) in [5.74, 6) is 1.50. The molecule has 0 atom stereocenters. The molecule has 0 N–H and O–H groups in total. The van der Waals surface area contributed by atoms with Crippen LogP contribution in [0.2, 0.25) is 5.02 Å². The van der Waals surface area contributed by atoms with Gasteiger partial charge in [-0.15, -0.1) is 0 Å². The quantitative estimate of drug-likeness (QED) is 0.764. The second-order valence-electron chi connectivity index (χ2n) is 3.43. The summed E-state index contributed by atoms with van der Waals surface area (Å²) in [6, 6.07) is 0. The highest BCUT2D eigenvalue weighted by molar-refractivity contribution is 7.98. The van der Waals surface area contributed by atoms with Gasteiger partial charge < -0.3 is 4.74 Å². The van der Waals surface area contributed by atoms with E-state index in [9.17, 15) is 4.79 Å². The van der Waals surface area contributed by atoms with Crippen LogP contribution in [0.25, 0.3) is 0 Å². The van der Waals surface area contributed by atoms with E-state index in [1.54, 1.807) is 6.92 Å². The maximum absolute atomic E-state index is 11.6. The number of hydrogen-bond donors (Lipinski definition) is 0. The summed E-state index contributed by atoms with van der Waals surface area (Å²) >= 11 is 8.01. The maximum atomic E-state index is 11.6. The molecule has 0 unspecified atom stereocenters. The van der Waals surface area contributed by atoms with Gasteiger partial charge in [-0.05, 0) is 19.1 Å². The Hall–Kier alpha value is -0.740. The molecule has 0 aromatic carbocycles. The molecule has 2 rings (SSSR count). The summed E-state index contributed by atoms with van der Waals surface area (Å²) in [6.07, 6.45) is 2.44. The molecular formula is C11H12ClNO2S. The third-order valence-corrected chi connectivity index (χ3v) is 3.84. The molecule has 0 aliphatic carbocycles. The summed E-state index contributed by atoms with van der Waals surface area (Å²) in [4.78, 5) is 15.9. The fraction of sp³-hybridized carbons (Fsp3) is 0.455. The van der Waals surface area contributed by atoms with Gasteiger partial charge in [-0.2, -0.15) is 11.8 Å². The molecule has 1 aromatic heterocycles. The molecule has 0 fully saturated rings. The van der Waals surface area contributed by atoms with Gasteiger partial charge in [0.1, 0.15) is 0 Å². The average molecular weight is 258 g/mol. The number of ether oxygens (including phenoxy) is 1. The van der Waals surface area contributed by atoms with Crippen molar-refractivity contribution in [3.05, 3.63) is 28.0 Å². The minimum Gasteiger partial charge on any atom is -0.462 e. The molecule has 5 heteroatoms. The van der Waals surface area contributed by atoms with E-state index in [1.807, 2.05) is 11.8 Å². The number of carbonyl (C=O) groups is 1. The summed E-state index contributed by atoms with van der Waals surface area (Å²) < 4.78 is 4.93. The van der Waals surface area contributed by atoms with Gasteiger partial charge in [-0.3, -0.25) is 4.98 Å². The minimum absolute atomic E-state index is 0.348. The molecule has 0 saturated carbocycles. The van der Waals surface area contributed by atoms with Crippen LogP contribution in [0.3, 0.4) is 0 Å². The standard InChI is InChI=1S/C11H12ClNO2S/c1-2-15-11(14)7-5-13-9-3-4-16-6-8(9)10(7)12/h5H,2-4,6H2,1H3. The van der Waals surface area contributed by atoms with E-state index < -0.39 is 5.97 Å². The highest BCUT2D eigenvalue weighted by Gasteiger charge is 2.20. The van der Waals surface area contributed by atoms with E-state index in [0.29, 0.717) is 17.2 Å². The highest BCUT2D eigenvalue weighted by Crippen LogP contribution is 2.31. The number of fused-ring (bicyclic) bond motifs is 1. The first-order valence-corrected chi connectivity index (χ1v) is 6.68. The molecule has 86 valence electrons. The second kappa shape index (κ2) is 5.06. The first-order valence-electron chi connectivity index (χ1n) is 5.15. The first kappa shape index (κ1) is 11.7. The van der Waals surface area contributed by atoms with Gasteiger partial charge >= 0.3 is 5.97 Å². The number of carbonyl (C=O) groups excluding carboxylic acids is 1. The van der Waals surface area contributed by atoms with E-state index in [2.05, 4.69) is 4.98 Å². The van der Waals surface area contributed by atoms with Crippen molar-refractivity contribution in [2.75, 3.05) is 12.4 Å². The van der Waals surface area contributed by atoms with Crippen LogP contribution in [-0.4, -0.2) is 23.3 Å². The Bertz CT molecular complexity index is 423. The Morgan fingerprint density at radius 2 is 2.50 bits per heavy atom. The Morgan fingerprint density at radius 3 is 3.25 bits per heavy atom. The fourth-order valence-electron chi connectivity index (χ4n) is 1.62. The Morgan fingerprint density at radius 1 is 1.69 bits per heavy atom. The van der Waals surface area contributed by atoms with Crippen LogP contribution in [0.4, 0.5) is 0 Å². The van der Waals surface area contributed by atoms with Crippen molar-refractivity contribution in [2.24, 2.45) is 0 Å². The number of thioether (sulfide) groups is 1. The molecular weight excluding hydrogens is 246 g/mol. The van der Waals surface area contributed by atoms with E-state index in [-0.39, 0.29) is 0 Å². The first-order chi connectivity index (χ1) is 7.74. The van der Waals surface area contributed by atoms with Crippen LogP contribution in [0.15, 0.2) is 6.20 Å². The van der Waals surface area contributed by atoms with Crippen LogP contribution in [0.5, 0.6) is 0 Å². The summed E-state index contributed by atoms with van der Waals surface area (Å²) in [5, 5.41) is 0.510. The van der Waals surface area contributed by atoms with Crippen molar-refractivity contribution in [1.82, 2.24) is 4.98 Å². The van der Waals surface area contributed by atoms with Crippen molar-refractivity contribution in [3.8, 4) is 0 Å². The molecule has 3 nitrogen and oxygen atoms in total. The van der Waals surface area contributed by atoms with Crippen molar-refractivity contribution in [3.63, 3.8) is 0 Å². The number of rotatable bonds is 2. The molecule has 2 heterocycles. The van der Waals surface area contributed by atoms with Crippen LogP contribution < -0.4 is 0 Å². The number of pyridine rings is 1. The predicted molar refractivity (Wildman–Crippen MR) is 65.1 cm³/mol. The van der Waals surface area contributed by atoms with Gasteiger partial charge in [-0.1, -0.05) is 11.6 Å². The van der Waals surface area contributed by atoms with E-state index in [4.69, 9.17) is 16.3 Å². The zero-order valence-corrected chi connectivity index (χ0v) is 10.5. The van der Waals surface area contributed by atoms with Crippen LogP contribution in [0, 0.1) is 0 Å². The molecule has 1 aliphatic rings. The van der Waals surface area contributed by atoms with Gasteiger partial charge in [0, 0.05) is 23.2 Å². The average Bonchev–Trinajstić information content (AvgIpc) is 2.30. The minimum atomic E-state index is -0.390. The zero-order valence-electron chi connectivity index (χ0n) is 8.96. The number of halogens is 1. The number of aromatic nitrogens is 1. The third-order valence-electron chi connectivity index (χ3n) is 2.42. The van der Waals surface area contributed by atoms with Gasteiger partial charge in [0.2, 0.25) is 0 Å². The molecule has 16 heavy (non-hydrogen) atoms. The smallest absolute Gasteiger partial charge is 0.341 e. The normalized spacial score (nSPS) is 14.4. The number of aryl methyl sites for hydroxylation is 1. The lowest BCUT2D eigenvalue weighted by Gasteiger charge is -2.17. The lowest BCUT2D eigenvalue weighted by molar-refractivity contribution is 0.0526. The number of nitrogens with zero attached hydrogens (tertiary/aromatic N) is 1. The van der Waals surface area contributed by atoms with Gasteiger partial charge in [0.05, 0.1) is 17.2 Å². The summed E-state index contributed by atoms with van der Waals surface area (Å²) in [5.41, 5.74) is 2.38. The number of esters is 1.